The van der Waals surface area contributed by atoms with Gasteiger partial charge in [-0.25, -0.2) is 8.42 Å². The lowest BCUT2D eigenvalue weighted by molar-refractivity contribution is -0.115. The Balaban J connectivity index is 1.98. The van der Waals surface area contributed by atoms with Crippen molar-refractivity contribution in [2.24, 2.45) is 0 Å². The van der Waals surface area contributed by atoms with Crippen LogP contribution in [0.2, 0.25) is 5.02 Å². The Bertz CT molecular complexity index is 814. The highest BCUT2D eigenvalue weighted by molar-refractivity contribution is 7.91. The molecule has 0 bridgehead atoms. The number of hydrogen-bond acceptors (Lipinski definition) is 3. The van der Waals surface area contributed by atoms with E-state index in [4.69, 9.17) is 11.6 Å². The lowest BCUT2D eigenvalue weighted by atomic mass is 10.1. The summed E-state index contributed by atoms with van der Waals surface area (Å²) < 4.78 is 24.4. The second-order valence-corrected chi connectivity index (χ2v) is 7.92. The van der Waals surface area contributed by atoms with Crippen molar-refractivity contribution in [3.05, 3.63) is 58.6 Å². The Labute approximate surface area is 141 Å². The number of benzene rings is 2. The lowest BCUT2D eigenvalue weighted by Gasteiger charge is -2.08. The highest BCUT2D eigenvalue weighted by Gasteiger charge is 2.16. The molecule has 0 aliphatic heterocycles. The summed E-state index contributed by atoms with van der Waals surface area (Å²) >= 11 is 5.74. The minimum atomic E-state index is -3.50. The fraction of sp³-hybridized carbons (Fsp3) is 0.235. The number of aryl methyl sites for hydroxylation is 2. The standard InChI is InChI=1S/C17H18ClNO3S/c1-12-3-6-15(11-13(12)2)19-17(20)9-10-23(21,22)16-7-4-14(18)5-8-16/h3-8,11H,9-10H2,1-2H3,(H,19,20). The molecule has 4 nitrogen and oxygen atoms in total. The smallest absolute Gasteiger partial charge is 0.225 e. The van der Waals surface area contributed by atoms with E-state index in [9.17, 15) is 13.2 Å². The van der Waals surface area contributed by atoms with E-state index in [1.807, 2.05) is 26.0 Å². The van der Waals surface area contributed by atoms with Gasteiger partial charge in [0.25, 0.3) is 0 Å². The van der Waals surface area contributed by atoms with Gasteiger partial charge < -0.3 is 5.32 Å². The first-order valence-corrected chi connectivity index (χ1v) is 9.16. The zero-order valence-electron chi connectivity index (χ0n) is 13.0. The Morgan fingerprint density at radius 2 is 1.70 bits per heavy atom. The van der Waals surface area contributed by atoms with Gasteiger partial charge in [-0.15, -0.1) is 0 Å². The zero-order valence-corrected chi connectivity index (χ0v) is 14.5. The average molecular weight is 352 g/mol. The molecule has 0 saturated carbocycles. The highest BCUT2D eigenvalue weighted by Crippen LogP contribution is 2.17. The third-order valence-electron chi connectivity index (χ3n) is 3.56. The van der Waals surface area contributed by atoms with Crippen LogP contribution in [0.1, 0.15) is 17.5 Å². The lowest BCUT2D eigenvalue weighted by Crippen LogP contribution is -2.17. The molecule has 1 N–H and O–H groups in total. The van der Waals surface area contributed by atoms with Gasteiger partial charge in [-0.1, -0.05) is 17.7 Å². The van der Waals surface area contributed by atoms with E-state index in [2.05, 4.69) is 5.32 Å². The topological polar surface area (TPSA) is 63.2 Å². The van der Waals surface area contributed by atoms with E-state index in [1.165, 1.54) is 24.3 Å². The number of rotatable bonds is 5. The second kappa shape index (κ2) is 7.15. The minimum Gasteiger partial charge on any atom is -0.326 e. The maximum atomic E-state index is 12.2. The van der Waals surface area contributed by atoms with Gasteiger partial charge in [-0.2, -0.15) is 0 Å². The number of hydrogen-bond donors (Lipinski definition) is 1. The largest absolute Gasteiger partial charge is 0.326 e. The Morgan fingerprint density at radius 1 is 1.04 bits per heavy atom. The fourth-order valence-corrected chi connectivity index (χ4v) is 3.40. The van der Waals surface area contributed by atoms with Gasteiger partial charge in [0.2, 0.25) is 5.91 Å². The number of carbonyl (C=O) groups is 1. The van der Waals surface area contributed by atoms with Crippen molar-refractivity contribution in [1.82, 2.24) is 0 Å². The van der Waals surface area contributed by atoms with Crippen molar-refractivity contribution in [2.45, 2.75) is 25.2 Å². The predicted octanol–water partition coefficient (Wildman–Crippen LogP) is 3.76. The Morgan fingerprint density at radius 3 is 2.30 bits per heavy atom. The Kier molecular flexibility index (Phi) is 5.44. The van der Waals surface area contributed by atoms with Gasteiger partial charge in [0.1, 0.15) is 0 Å². The molecular formula is C17H18ClNO3S. The molecule has 122 valence electrons. The van der Waals surface area contributed by atoms with Crippen molar-refractivity contribution in [2.75, 3.05) is 11.1 Å². The molecule has 0 radical (unpaired) electrons. The molecule has 0 spiro atoms. The van der Waals surface area contributed by atoms with Crippen LogP contribution in [0.5, 0.6) is 0 Å². The molecule has 0 heterocycles. The van der Waals surface area contributed by atoms with Crippen LogP contribution in [0.15, 0.2) is 47.4 Å². The number of sulfone groups is 1. The molecule has 2 rings (SSSR count). The molecule has 0 aliphatic carbocycles. The molecule has 0 aromatic heterocycles. The van der Waals surface area contributed by atoms with Gasteiger partial charge in [0.05, 0.1) is 10.6 Å². The summed E-state index contributed by atoms with van der Waals surface area (Å²) in [5, 5.41) is 3.19. The molecule has 0 aliphatic rings. The van der Waals surface area contributed by atoms with Crippen LogP contribution in [-0.4, -0.2) is 20.1 Å². The summed E-state index contributed by atoms with van der Waals surface area (Å²) in [6.07, 6.45) is -0.0993. The van der Waals surface area contributed by atoms with E-state index in [0.717, 1.165) is 11.1 Å². The number of amides is 1. The van der Waals surface area contributed by atoms with Crippen LogP contribution in [0.3, 0.4) is 0 Å². The van der Waals surface area contributed by atoms with Crippen molar-refractivity contribution in [3.8, 4) is 0 Å². The second-order valence-electron chi connectivity index (χ2n) is 5.37. The predicted molar refractivity (Wildman–Crippen MR) is 92.7 cm³/mol. The summed E-state index contributed by atoms with van der Waals surface area (Å²) in [5.41, 5.74) is 2.87. The molecule has 6 heteroatoms. The summed E-state index contributed by atoms with van der Waals surface area (Å²) in [4.78, 5) is 12.1. The third kappa shape index (κ3) is 4.81. The van der Waals surface area contributed by atoms with Crippen molar-refractivity contribution < 1.29 is 13.2 Å². The molecule has 23 heavy (non-hydrogen) atoms. The third-order valence-corrected chi connectivity index (χ3v) is 5.55. The first-order valence-electron chi connectivity index (χ1n) is 7.13. The fourth-order valence-electron chi connectivity index (χ4n) is 2.03. The summed E-state index contributed by atoms with van der Waals surface area (Å²) in [5.74, 6) is -0.573. The van der Waals surface area contributed by atoms with Crippen LogP contribution < -0.4 is 5.32 Å². The van der Waals surface area contributed by atoms with Gasteiger partial charge in [-0.3, -0.25) is 4.79 Å². The van der Waals surface area contributed by atoms with Crippen LogP contribution in [0, 0.1) is 13.8 Å². The number of halogens is 1. The highest BCUT2D eigenvalue weighted by atomic mass is 35.5. The molecule has 0 unspecified atom stereocenters. The number of anilines is 1. The van der Waals surface area contributed by atoms with Crippen LogP contribution >= 0.6 is 11.6 Å². The van der Waals surface area contributed by atoms with E-state index in [-0.39, 0.29) is 23.0 Å². The first kappa shape index (κ1) is 17.5. The van der Waals surface area contributed by atoms with E-state index in [1.54, 1.807) is 6.07 Å². The summed E-state index contributed by atoms with van der Waals surface area (Å²) in [6, 6.07) is 11.5. The number of nitrogens with one attached hydrogen (secondary N) is 1. The maximum Gasteiger partial charge on any atom is 0.225 e. The molecule has 2 aromatic carbocycles. The van der Waals surface area contributed by atoms with Gasteiger partial charge in [0, 0.05) is 17.1 Å². The van der Waals surface area contributed by atoms with E-state index < -0.39 is 9.84 Å². The van der Waals surface area contributed by atoms with Crippen molar-refractivity contribution in [3.63, 3.8) is 0 Å². The number of carbonyl (C=O) groups excluding carboxylic acids is 1. The first-order chi connectivity index (χ1) is 10.8. The maximum absolute atomic E-state index is 12.2. The quantitative estimate of drug-likeness (QED) is 0.892. The van der Waals surface area contributed by atoms with Gasteiger partial charge >= 0.3 is 0 Å². The minimum absolute atomic E-state index is 0.0993. The van der Waals surface area contributed by atoms with E-state index in [0.29, 0.717) is 10.7 Å². The molecule has 1 amide bonds. The molecular weight excluding hydrogens is 334 g/mol. The van der Waals surface area contributed by atoms with Crippen molar-refractivity contribution in [1.29, 1.82) is 0 Å². The van der Waals surface area contributed by atoms with Crippen LogP contribution in [-0.2, 0) is 14.6 Å². The molecule has 0 saturated heterocycles. The van der Waals surface area contributed by atoms with Crippen molar-refractivity contribution >= 4 is 33.0 Å². The normalized spacial score (nSPS) is 11.3. The van der Waals surface area contributed by atoms with Gasteiger partial charge in [-0.05, 0) is 61.4 Å². The summed E-state index contributed by atoms with van der Waals surface area (Å²) in [6.45, 7) is 3.94. The monoisotopic (exact) mass is 351 g/mol. The van der Waals surface area contributed by atoms with E-state index >= 15 is 0 Å². The molecule has 0 atom stereocenters. The van der Waals surface area contributed by atoms with Crippen LogP contribution in [0.4, 0.5) is 5.69 Å². The Hall–Kier alpha value is -1.85. The van der Waals surface area contributed by atoms with Gasteiger partial charge in [0.15, 0.2) is 9.84 Å². The average Bonchev–Trinajstić information content (AvgIpc) is 2.50. The zero-order chi connectivity index (χ0) is 17.0. The summed E-state index contributed by atoms with van der Waals surface area (Å²) in [7, 11) is -3.50. The SMILES string of the molecule is Cc1ccc(NC(=O)CCS(=O)(=O)c2ccc(Cl)cc2)cc1C. The molecule has 0 fully saturated rings. The molecule has 2 aromatic rings. The van der Waals surface area contributed by atoms with Crippen LogP contribution in [0.25, 0.3) is 0 Å².